The lowest BCUT2D eigenvalue weighted by Gasteiger charge is -2.25. The first-order chi connectivity index (χ1) is 8.02. The van der Waals surface area contributed by atoms with Gasteiger partial charge in [0.25, 0.3) is 0 Å². The Morgan fingerprint density at radius 3 is 2.76 bits per heavy atom. The van der Waals surface area contributed by atoms with Gasteiger partial charge in [-0.15, -0.1) is 10.2 Å². The van der Waals surface area contributed by atoms with E-state index in [2.05, 4.69) is 20.8 Å². The molecule has 0 aromatic carbocycles. The van der Waals surface area contributed by atoms with Gasteiger partial charge in [0.15, 0.2) is 0 Å². The molecule has 1 unspecified atom stereocenters. The van der Waals surface area contributed by atoms with Crippen LogP contribution in [0.5, 0.6) is 0 Å². The van der Waals surface area contributed by atoms with E-state index in [0.717, 1.165) is 12.8 Å². The van der Waals surface area contributed by atoms with Crippen molar-refractivity contribution >= 4 is 28.5 Å². The van der Waals surface area contributed by atoms with Crippen molar-refractivity contribution in [3.63, 3.8) is 0 Å². The van der Waals surface area contributed by atoms with Gasteiger partial charge in [-0.2, -0.15) is 0 Å². The Kier molecular flexibility index (Phi) is 2.97. The Balaban J connectivity index is 1.99. The first-order valence-corrected chi connectivity index (χ1v) is 5.99. The van der Waals surface area contributed by atoms with Gasteiger partial charge in [-0.1, -0.05) is 11.3 Å². The molecular formula is C9H12N4O3S. The number of urea groups is 1. The number of nitrogens with one attached hydrogen (secondary N) is 2. The fraction of sp³-hybridized carbons (Fsp3) is 0.556. The number of aliphatic carboxylic acids is 1. The van der Waals surface area contributed by atoms with Crippen molar-refractivity contribution in [2.24, 2.45) is 5.92 Å². The Morgan fingerprint density at radius 2 is 2.29 bits per heavy atom. The zero-order valence-corrected chi connectivity index (χ0v) is 9.95. The molecule has 0 aliphatic heterocycles. The van der Waals surface area contributed by atoms with E-state index < -0.39 is 17.5 Å². The number of carboxylic acid groups (broad SMARTS) is 1. The highest BCUT2D eigenvalue weighted by atomic mass is 32.1. The van der Waals surface area contributed by atoms with Gasteiger partial charge in [0.1, 0.15) is 11.0 Å². The minimum Gasteiger partial charge on any atom is -0.480 e. The van der Waals surface area contributed by atoms with Crippen LogP contribution in [-0.2, 0) is 4.79 Å². The van der Waals surface area contributed by atoms with Crippen LogP contribution in [0.25, 0.3) is 0 Å². The molecule has 1 aliphatic rings. The summed E-state index contributed by atoms with van der Waals surface area (Å²) in [6.07, 6.45) is 1.64. The number of carbonyl (C=O) groups is 2. The van der Waals surface area contributed by atoms with Gasteiger partial charge in [0, 0.05) is 0 Å². The Hall–Kier alpha value is -1.70. The highest BCUT2D eigenvalue weighted by Crippen LogP contribution is 2.39. The van der Waals surface area contributed by atoms with Crippen LogP contribution in [0.2, 0.25) is 0 Å². The lowest BCUT2D eigenvalue weighted by molar-refractivity contribution is -0.144. The molecule has 1 aliphatic carbocycles. The zero-order valence-electron chi connectivity index (χ0n) is 9.14. The second-order valence-electron chi connectivity index (χ2n) is 4.10. The fourth-order valence-electron chi connectivity index (χ4n) is 1.58. The normalized spacial score (nSPS) is 18.2. The van der Waals surface area contributed by atoms with Crippen LogP contribution in [0.4, 0.5) is 9.93 Å². The number of aromatic nitrogens is 2. The summed E-state index contributed by atoms with van der Waals surface area (Å²) >= 11 is 1.17. The van der Waals surface area contributed by atoms with E-state index >= 15 is 0 Å². The van der Waals surface area contributed by atoms with E-state index in [1.165, 1.54) is 23.8 Å². The quantitative estimate of drug-likeness (QED) is 0.742. The van der Waals surface area contributed by atoms with E-state index in [-0.39, 0.29) is 5.92 Å². The SMILES string of the molecule is CC(NC(=O)Nc1nncs1)(C(=O)O)C1CC1. The van der Waals surface area contributed by atoms with Gasteiger partial charge >= 0.3 is 12.0 Å². The summed E-state index contributed by atoms with van der Waals surface area (Å²) in [6, 6.07) is -0.571. The third-order valence-corrected chi connectivity index (χ3v) is 3.40. The Labute approximate surface area is 101 Å². The Bertz CT molecular complexity index is 431. The van der Waals surface area contributed by atoms with Crippen molar-refractivity contribution in [1.82, 2.24) is 15.5 Å². The van der Waals surface area contributed by atoms with Crippen molar-refractivity contribution in [3.8, 4) is 0 Å². The average Bonchev–Trinajstić information content (AvgIpc) is 2.99. The molecule has 92 valence electrons. The van der Waals surface area contributed by atoms with Gasteiger partial charge in [-0.3, -0.25) is 5.32 Å². The third-order valence-electron chi connectivity index (χ3n) is 2.79. The first kappa shape index (κ1) is 11.8. The maximum absolute atomic E-state index is 11.6. The summed E-state index contributed by atoms with van der Waals surface area (Å²) in [7, 11) is 0. The molecule has 2 rings (SSSR count). The van der Waals surface area contributed by atoms with E-state index in [1.807, 2.05) is 0 Å². The van der Waals surface area contributed by atoms with E-state index in [9.17, 15) is 9.59 Å². The number of carbonyl (C=O) groups excluding carboxylic acids is 1. The molecule has 1 saturated carbocycles. The lowest BCUT2D eigenvalue weighted by atomic mass is 9.96. The molecule has 1 fully saturated rings. The number of rotatable bonds is 4. The van der Waals surface area contributed by atoms with Crippen LogP contribution in [0.1, 0.15) is 19.8 Å². The van der Waals surface area contributed by atoms with Crippen LogP contribution < -0.4 is 10.6 Å². The molecule has 1 atom stereocenters. The highest BCUT2D eigenvalue weighted by molar-refractivity contribution is 7.13. The molecule has 2 amide bonds. The summed E-state index contributed by atoms with van der Waals surface area (Å²) in [4.78, 5) is 22.8. The van der Waals surface area contributed by atoms with E-state index in [1.54, 1.807) is 0 Å². The number of amides is 2. The fourth-order valence-corrected chi connectivity index (χ4v) is 2.02. The monoisotopic (exact) mass is 256 g/mol. The number of carboxylic acids is 1. The van der Waals surface area contributed by atoms with Gasteiger partial charge in [-0.25, -0.2) is 9.59 Å². The number of hydrogen-bond acceptors (Lipinski definition) is 5. The molecule has 3 N–H and O–H groups in total. The number of nitrogens with zero attached hydrogens (tertiary/aromatic N) is 2. The van der Waals surface area contributed by atoms with Crippen molar-refractivity contribution in [2.75, 3.05) is 5.32 Å². The molecular weight excluding hydrogens is 244 g/mol. The lowest BCUT2D eigenvalue weighted by Crippen LogP contribution is -2.55. The second kappa shape index (κ2) is 4.28. The van der Waals surface area contributed by atoms with Crippen LogP contribution in [-0.4, -0.2) is 32.8 Å². The minimum absolute atomic E-state index is 0.000157. The molecule has 7 nitrogen and oxygen atoms in total. The molecule has 1 aromatic rings. The second-order valence-corrected chi connectivity index (χ2v) is 4.94. The van der Waals surface area contributed by atoms with Gasteiger partial charge in [-0.05, 0) is 25.7 Å². The predicted octanol–water partition coefficient (Wildman–Crippen LogP) is 0.913. The minimum atomic E-state index is -1.21. The summed E-state index contributed by atoms with van der Waals surface area (Å²) in [5.41, 5.74) is 0.266. The maximum Gasteiger partial charge on any atom is 0.329 e. The molecule has 17 heavy (non-hydrogen) atoms. The van der Waals surface area contributed by atoms with Gasteiger partial charge in [0.05, 0.1) is 0 Å². The van der Waals surface area contributed by atoms with Crippen LogP contribution in [0.3, 0.4) is 0 Å². The molecule has 0 saturated heterocycles. The molecule has 1 heterocycles. The van der Waals surface area contributed by atoms with Crippen LogP contribution >= 0.6 is 11.3 Å². The maximum atomic E-state index is 11.6. The van der Waals surface area contributed by atoms with Crippen molar-refractivity contribution in [1.29, 1.82) is 0 Å². The summed E-state index contributed by atoms with van der Waals surface area (Å²) in [6.45, 7) is 1.52. The zero-order chi connectivity index (χ0) is 12.5. The summed E-state index contributed by atoms with van der Waals surface area (Å²) in [5, 5.41) is 21.6. The topological polar surface area (TPSA) is 104 Å². The summed E-state index contributed by atoms with van der Waals surface area (Å²) < 4.78 is 0. The standard InChI is InChI=1S/C9H12N4O3S/c1-9(6(14)15,5-2-3-5)12-7(16)11-8-13-10-4-17-8/h4-5H,2-3H2,1H3,(H,14,15)(H2,11,12,13,16). The van der Waals surface area contributed by atoms with Crippen molar-refractivity contribution in [3.05, 3.63) is 5.51 Å². The molecule has 8 heteroatoms. The van der Waals surface area contributed by atoms with Gasteiger partial charge in [0.2, 0.25) is 5.13 Å². The van der Waals surface area contributed by atoms with Gasteiger partial charge < -0.3 is 10.4 Å². The van der Waals surface area contributed by atoms with Crippen LogP contribution in [0.15, 0.2) is 5.51 Å². The molecule has 0 spiro atoms. The molecule has 0 radical (unpaired) electrons. The number of anilines is 1. The Morgan fingerprint density at radius 1 is 1.59 bits per heavy atom. The highest BCUT2D eigenvalue weighted by Gasteiger charge is 2.48. The average molecular weight is 256 g/mol. The van der Waals surface area contributed by atoms with Crippen molar-refractivity contribution in [2.45, 2.75) is 25.3 Å². The van der Waals surface area contributed by atoms with E-state index in [4.69, 9.17) is 5.11 Å². The molecule has 1 aromatic heterocycles. The van der Waals surface area contributed by atoms with Crippen molar-refractivity contribution < 1.29 is 14.7 Å². The van der Waals surface area contributed by atoms with Crippen LogP contribution in [0, 0.1) is 5.92 Å². The first-order valence-electron chi connectivity index (χ1n) is 5.11. The third kappa shape index (κ3) is 2.52. The predicted molar refractivity (Wildman–Crippen MR) is 60.8 cm³/mol. The number of hydrogen-bond donors (Lipinski definition) is 3. The smallest absolute Gasteiger partial charge is 0.329 e. The molecule has 0 bridgehead atoms. The summed E-state index contributed by atoms with van der Waals surface area (Å²) in [5.74, 6) is -1.02. The van der Waals surface area contributed by atoms with E-state index in [0.29, 0.717) is 5.13 Å². The largest absolute Gasteiger partial charge is 0.480 e.